The third kappa shape index (κ3) is 3.61. The fourth-order valence-corrected chi connectivity index (χ4v) is 3.75. The highest BCUT2D eigenvalue weighted by atomic mass is 16.2. The van der Waals surface area contributed by atoms with Crippen LogP contribution in [0.3, 0.4) is 0 Å². The van der Waals surface area contributed by atoms with E-state index >= 15 is 0 Å². The summed E-state index contributed by atoms with van der Waals surface area (Å²) >= 11 is 0. The smallest absolute Gasteiger partial charge is 0.338 e. The van der Waals surface area contributed by atoms with Crippen LogP contribution in [0.4, 0.5) is 0 Å². The molecule has 0 radical (unpaired) electrons. The van der Waals surface area contributed by atoms with E-state index in [0.29, 0.717) is 12.0 Å². The molecular weight excluding hydrogens is 304 g/mol. The number of hydrogen-bond donors (Lipinski definition) is 1. The van der Waals surface area contributed by atoms with Crippen molar-refractivity contribution < 1.29 is 0 Å². The van der Waals surface area contributed by atoms with Crippen molar-refractivity contribution in [3.8, 4) is 0 Å². The molecule has 2 aromatic heterocycles. The van der Waals surface area contributed by atoms with E-state index < -0.39 is 0 Å². The highest BCUT2D eigenvalue weighted by Crippen LogP contribution is 2.27. The molecule has 2 atom stereocenters. The van der Waals surface area contributed by atoms with Crippen molar-refractivity contribution in [2.45, 2.75) is 44.6 Å². The van der Waals surface area contributed by atoms with Crippen LogP contribution in [0.25, 0.3) is 0 Å². The molecule has 1 N–H and O–H groups in total. The Morgan fingerprint density at radius 1 is 1.25 bits per heavy atom. The second kappa shape index (κ2) is 7.34. The molecule has 0 saturated heterocycles. The monoisotopic (exact) mass is 332 g/mol. The number of nitrogens with one attached hydrogen (secondary N) is 1. The van der Waals surface area contributed by atoms with Gasteiger partial charge in [0.1, 0.15) is 5.82 Å². The van der Waals surface area contributed by atoms with Crippen LogP contribution in [0.5, 0.6) is 0 Å². The minimum absolute atomic E-state index is 0.0403. The van der Waals surface area contributed by atoms with Crippen molar-refractivity contribution in [2.75, 3.05) is 6.54 Å². The standard InChI is InChI=1S/C17H28N6O/c1-21-12-18-11-14(21)8-9-19-15-7-5-4-6-13(15)10-16-20-23(3)17(24)22(16)2/h11-13,15,19H,4-10H2,1-3H3/t13-,15-/m1/s1. The average molecular weight is 332 g/mol. The fraction of sp³-hybridized carbons (Fsp3) is 0.706. The number of nitrogens with zero attached hydrogens (tertiary/aromatic N) is 5. The molecule has 7 heteroatoms. The first-order chi connectivity index (χ1) is 11.6. The van der Waals surface area contributed by atoms with E-state index in [1.807, 2.05) is 26.6 Å². The number of aromatic nitrogens is 5. The molecule has 0 bridgehead atoms. The maximum absolute atomic E-state index is 11.9. The predicted molar refractivity (Wildman–Crippen MR) is 92.8 cm³/mol. The summed E-state index contributed by atoms with van der Waals surface area (Å²) in [5.41, 5.74) is 1.21. The lowest BCUT2D eigenvalue weighted by Gasteiger charge is -2.32. The van der Waals surface area contributed by atoms with Crippen LogP contribution in [0.1, 0.15) is 37.2 Å². The van der Waals surface area contributed by atoms with Gasteiger partial charge in [-0.05, 0) is 18.8 Å². The van der Waals surface area contributed by atoms with Crippen molar-refractivity contribution in [1.82, 2.24) is 29.2 Å². The van der Waals surface area contributed by atoms with Crippen molar-refractivity contribution in [3.05, 3.63) is 34.5 Å². The molecule has 2 aromatic rings. The van der Waals surface area contributed by atoms with Crippen LogP contribution in [-0.4, -0.2) is 36.5 Å². The van der Waals surface area contributed by atoms with E-state index in [4.69, 9.17) is 0 Å². The zero-order chi connectivity index (χ0) is 17.1. The molecule has 2 heterocycles. The molecule has 0 spiro atoms. The van der Waals surface area contributed by atoms with Gasteiger partial charge in [-0.3, -0.25) is 4.57 Å². The van der Waals surface area contributed by atoms with Gasteiger partial charge in [0.05, 0.1) is 6.33 Å². The predicted octanol–water partition coefficient (Wildman–Crippen LogP) is 0.786. The van der Waals surface area contributed by atoms with Gasteiger partial charge in [0.2, 0.25) is 0 Å². The molecule has 7 nitrogen and oxygen atoms in total. The Bertz CT molecular complexity index is 728. The summed E-state index contributed by atoms with van der Waals surface area (Å²) in [5, 5.41) is 8.13. The maximum atomic E-state index is 11.9. The zero-order valence-electron chi connectivity index (χ0n) is 14.9. The second-order valence-electron chi connectivity index (χ2n) is 6.94. The highest BCUT2D eigenvalue weighted by molar-refractivity contribution is 4.99. The van der Waals surface area contributed by atoms with Crippen molar-refractivity contribution in [1.29, 1.82) is 0 Å². The second-order valence-corrected chi connectivity index (χ2v) is 6.94. The van der Waals surface area contributed by atoms with E-state index in [1.165, 1.54) is 36.1 Å². The van der Waals surface area contributed by atoms with Gasteiger partial charge in [-0.2, -0.15) is 5.10 Å². The Labute approximate surface area is 142 Å². The maximum Gasteiger partial charge on any atom is 0.345 e. The van der Waals surface area contributed by atoms with E-state index in [1.54, 1.807) is 11.6 Å². The van der Waals surface area contributed by atoms with E-state index in [9.17, 15) is 4.79 Å². The molecule has 0 unspecified atom stereocenters. The van der Waals surface area contributed by atoms with Gasteiger partial charge >= 0.3 is 5.69 Å². The molecule has 0 amide bonds. The summed E-state index contributed by atoms with van der Waals surface area (Å²) in [4.78, 5) is 16.1. The fourth-order valence-electron chi connectivity index (χ4n) is 3.75. The van der Waals surface area contributed by atoms with E-state index in [2.05, 4.69) is 20.0 Å². The van der Waals surface area contributed by atoms with E-state index in [0.717, 1.165) is 25.2 Å². The van der Waals surface area contributed by atoms with Crippen LogP contribution in [0, 0.1) is 5.92 Å². The first-order valence-corrected chi connectivity index (χ1v) is 8.83. The number of hydrogen-bond acceptors (Lipinski definition) is 4. The molecule has 24 heavy (non-hydrogen) atoms. The minimum atomic E-state index is -0.0403. The molecule has 1 fully saturated rings. The van der Waals surface area contributed by atoms with Gasteiger partial charge in [-0.25, -0.2) is 14.5 Å². The van der Waals surface area contributed by atoms with Crippen molar-refractivity contribution >= 4 is 0 Å². The largest absolute Gasteiger partial charge is 0.345 e. The summed E-state index contributed by atoms with van der Waals surface area (Å²) in [6, 6.07) is 0.504. The molecule has 0 aromatic carbocycles. The minimum Gasteiger partial charge on any atom is -0.338 e. The number of aryl methyl sites for hydroxylation is 2. The molecule has 132 valence electrons. The Hall–Kier alpha value is -1.89. The Morgan fingerprint density at radius 3 is 2.71 bits per heavy atom. The van der Waals surface area contributed by atoms with Crippen LogP contribution in [0.15, 0.2) is 17.3 Å². The van der Waals surface area contributed by atoms with E-state index in [-0.39, 0.29) is 5.69 Å². The lowest BCUT2D eigenvalue weighted by Crippen LogP contribution is -2.41. The van der Waals surface area contributed by atoms with Crippen LogP contribution in [0.2, 0.25) is 0 Å². The summed E-state index contributed by atoms with van der Waals surface area (Å²) in [5.74, 6) is 1.44. The van der Waals surface area contributed by atoms with Gasteiger partial charge < -0.3 is 9.88 Å². The lowest BCUT2D eigenvalue weighted by atomic mass is 9.82. The Kier molecular flexibility index (Phi) is 5.18. The zero-order valence-corrected chi connectivity index (χ0v) is 14.9. The molecule has 1 aliphatic rings. The normalized spacial score (nSPS) is 21.3. The molecule has 0 aliphatic heterocycles. The van der Waals surface area contributed by atoms with Crippen LogP contribution in [-0.2, 0) is 34.0 Å². The molecule has 3 rings (SSSR count). The van der Waals surface area contributed by atoms with Gasteiger partial charge in [0, 0.05) is 58.5 Å². The topological polar surface area (TPSA) is 69.7 Å². The summed E-state index contributed by atoms with van der Waals surface area (Å²) in [7, 11) is 5.57. The lowest BCUT2D eigenvalue weighted by molar-refractivity contribution is 0.257. The third-order valence-corrected chi connectivity index (χ3v) is 5.27. The first kappa shape index (κ1) is 17.0. The SMILES string of the molecule is Cn1cncc1CCN[C@@H]1CCCC[C@@H]1Cc1nn(C)c(=O)n1C. The van der Waals surface area contributed by atoms with Crippen LogP contribution >= 0.6 is 0 Å². The number of rotatable bonds is 6. The average Bonchev–Trinajstić information content (AvgIpc) is 3.08. The molecule has 1 saturated carbocycles. The molecular formula is C17H28N6O. The summed E-state index contributed by atoms with van der Waals surface area (Å²) < 4.78 is 5.19. The quantitative estimate of drug-likeness (QED) is 0.849. The van der Waals surface area contributed by atoms with Gasteiger partial charge in [-0.1, -0.05) is 12.8 Å². The van der Waals surface area contributed by atoms with Gasteiger partial charge in [0.25, 0.3) is 0 Å². The first-order valence-electron chi connectivity index (χ1n) is 8.83. The van der Waals surface area contributed by atoms with Gasteiger partial charge in [-0.15, -0.1) is 0 Å². The molecule has 1 aliphatic carbocycles. The Balaban J connectivity index is 1.59. The van der Waals surface area contributed by atoms with Crippen LogP contribution < -0.4 is 11.0 Å². The highest BCUT2D eigenvalue weighted by Gasteiger charge is 2.26. The van der Waals surface area contributed by atoms with Crippen molar-refractivity contribution in [2.24, 2.45) is 27.1 Å². The number of imidazole rings is 1. The summed E-state index contributed by atoms with van der Waals surface area (Å²) in [6.07, 6.45) is 10.6. The Morgan fingerprint density at radius 2 is 2.04 bits per heavy atom. The van der Waals surface area contributed by atoms with Crippen molar-refractivity contribution in [3.63, 3.8) is 0 Å². The summed E-state index contributed by atoms with van der Waals surface area (Å²) in [6.45, 7) is 0.960. The van der Waals surface area contributed by atoms with Gasteiger partial charge in [0.15, 0.2) is 0 Å². The third-order valence-electron chi connectivity index (χ3n) is 5.27.